The van der Waals surface area contributed by atoms with Crippen molar-refractivity contribution in [2.24, 2.45) is 11.7 Å². The number of benzene rings is 1. The number of likely N-dealkylation sites (tertiary alicyclic amines) is 1. The molecule has 3 atom stereocenters. The predicted molar refractivity (Wildman–Crippen MR) is 84.8 cm³/mol. The molecule has 2 N–H and O–H groups in total. The molecule has 1 saturated heterocycles. The Bertz CT molecular complexity index is 443. The number of piperidine rings is 1. The molecule has 0 aromatic heterocycles. The summed E-state index contributed by atoms with van der Waals surface area (Å²) in [5.74, 6) is 0.899. The lowest BCUT2D eigenvalue weighted by Gasteiger charge is -2.45. The minimum absolute atomic E-state index is 0.615. The molecular formula is C18H28N2. The van der Waals surface area contributed by atoms with Gasteiger partial charge in [0.2, 0.25) is 0 Å². The van der Waals surface area contributed by atoms with E-state index in [1.54, 1.807) is 11.1 Å². The van der Waals surface area contributed by atoms with Crippen molar-refractivity contribution >= 4 is 0 Å². The van der Waals surface area contributed by atoms with E-state index in [0.717, 1.165) is 18.5 Å². The van der Waals surface area contributed by atoms with Gasteiger partial charge < -0.3 is 5.73 Å². The van der Waals surface area contributed by atoms with Crippen LogP contribution in [0.15, 0.2) is 24.3 Å². The van der Waals surface area contributed by atoms with Crippen molar-refractivity contribution in [1.82, 2.24) is 4.90 Å². The van der Waals surface area contributed by atoms with Gasteiger partial charge in [0.25, 0.3) is 0 Å². The molecule has 3 rings (SSSR count). The van der Waals surface area contributed by atoms with Crippen LogP contribution < -0.4 is 5.73 Å². The predicted octanol–water partition coefficient (Wildman–Crippen LogP) is 2.99. The van der Waals surface area contributed by atoms with E-state index in [4.69, 9.17) is 5.73 Å². The van der Waals surface area contributed by atoms with Crippen LogP contribution in [0.25, 0.3) is 0 Å². The zero-order chi connectivity index (χ0) is 13.9. The molecule has 3 unspecified atom stereocenters. The van der Waals surface area contributed by atoms with Gasteiger partial charge in [0.1, 0.15) is 0 Å². The first kappa shape index (κ1) is 14.1. The summed E-state index contributed by atoms with van der Waals surface area (Å²) in [7, 11) is 0. The van der Waals surface area contributed by atoms with Gasteiger partial charge in [-0.1, -0.05) is 37.6 Å². The maximum absolute atomic E-state index is 6.07. The van der Waals surface area contributed by atoms with Gasteiger partial charge in [-0.3, -0.25) is 4.90 Å². The van der Waals surface area contributed by atoms with Crippen LogP contribution in [0.4, 0.5) is 0 Å². The van der Waals surface area contributed by atoms with Gasteiger partial charge in [-0.2, -0.15) is 0 Å². The van der Waals surface area contributed by atoms with Gasteiger partial charge in [0.15, 0.2) is 0 Å². The molecule has 2 aliphatic rings. The molecule has 2 heteroatoms. The number of hydrogen-bond donors (Lipinski definition) is 1. The quantitative estimate of drug-likeness (QED) is 0.916. The Hall–Kier alpha value is -0.860. The van der Waals surface area contributed by atoms with Gasteiger partial charge in [-0.25, -0.2) is 0 Å². The van der Waals surface area contributed by atoms with Crippen molar-refractivity contribution in [3.05, 3.63) is 35.4 Å². The van der Waals surface area contributed by atoms with Gasteiger partial charge in [-0.05, 0) is 55.7 Å². The Labute approximate surface area is 123 Å². The second-order valence-corrected chi connectivity index (χ2v) is 6.59. The molecule has 20 heavy (non-hydrogen) atoms. The highest BCUT2D eigenvalue weighted by Gasteiger charge is 2.33. The van der Waals surface area contributed by atoms with Crippen molar-refractivity contribution in [3.63, 3.8) is 0 Å². The first-order valence-electron chi connectivity index (χ1n) is 8.34. The van der Waals surface area contributed by atoms with Crippen LogP contribution in [0, 0.1) is 5.92 Å². The van der Waals surface area contributed by atoms with Crippen LogP contribution >= 0.6 is 0 Å². The molecule has 1 aliphatic heterocycles. The number of aryl methyl sites for hydroxylation is 1. The van der Waals surface area contributed by atoms with E-state index in [2.05, 4.69) is 36.1 Å². The highest BCUT2D eigenvalue weighted by molar-refractivity contribution is 5.30. The van der Waals surface area contributed by atoms with Crippen LogP contribution in [0.1, 0.15) is 43.7 Å². The Morgan fingerprint density at radius 1 is 1.20 bits per heavy atom. The van der Waals surface area contributed by atoms with Crippen molar-refractivity contribution < 1.29 is 0 Å². The van der Waals surface area contributed by atoms with Gasteiger partial charge in [-0.15, -0.1) is 0 Å². The summed E-state index contributed by atoms with van der Waals surface area (Å²) in [5.41, 5.74) is 9.20. The van der Waals surface area contributed by atoms with Crippen LogP contribution in [-0.4, -0.2) is 30.1 Å². The second-order valence-electron chi connectivity index (χ2n) is 6.59. The molecule has 0 radical (unpaired) electrons. The molecule has 1 aliphatic carbocycles. The monoisotopic (exact) mass is 272 g/mol. The molecule has 0 saturated carbocycles. The molecule has 2 nitrogen and oxygen atoms in total. The van der Waals surface area contributed by atoms with E-state index >= 15 is 0 Å². The van der Waals surface area contributed by atoms with Crippen LogP contribution in [0.5, 0.6) is 0 Å². The fourth-order valence-electron chi connectivity index (χ4n) is 4.20. The minimum atomic E-state index is 0.615. The van der Waals surface area contributed by atoms with E-state index in [1.807, 2.05) is 0 Å². The summed E-state index contributed by atoms with van der Waals surface area (Å²) in [5, 5.41) is 0. The lowest BCUT2D eigenvalue weighted by Crippen LogP contribution is -2.52. The maximum atomic E-state index is 6.07. The molecule has 110 valence electrons. The second kappa shape index (κ2) is 6.28. The number of rotatable bonds is 3. The molecule has 1 heterocycles. The number of hydrogen-bond acceptors (Lipinski definition) is 2. The molecule has 1 fully saturated rings. The fourth-order valence-corrected chi connectivity index (χ4v) is 4.20. The van der Waals surface area contributed by atoms with Gasteiger partial charge in [0.05, 0.1) is 0 Å². The number of fused-ring (bicyclic) bond motifs is 1. The first-order valence-corrected chi connectivity index (χ1v) is 8.34. The Morgan fingerprint density at radius 3 is 2.75 bits per heavy atom. The zero-order valence-corrected chi connectivity index (χ0v) is 12.7. The van der Waals surface area contributed by atoms with Crippen molar-refractivity contribution in [1.29, 1.82) is 0 Å². The van der Waals surface area contributed by atoms with Crippen LogP contribution in [0.2, 0.25) is 0 Å². The highest BCUT2D eigenvalue weighted by Crippen LogP contribution is 2.31. The van der Waals surface area contributed by atoms with Crippen LogP contribution in [-0.2, 0) is 12.8 Å². The Morgan fingerprint density at radius 2 is 2.00 bits per heavy atom. The minimum Gasteiger partial charge on any atom is -0.329 e. The summed E-state index contributed by atoms with van der Waals surface area (Å²) >= 11 is 0. The zero-order valence-electron chi connectivity index (χ0n) is 12.7. The van der Waals surface area contributed by atoms with Crippen molar-refractivity contribution in [3.8, 4) is 0 Å². The first-order chi connectivity index (χ1) is 9.81. The van der Waals surface area contributed by atoms with Crippen LogP contribution in [0.3, 0.4) is 0 Å². The average Bonchev–Trinajstić information content (AvgIpc) is 2.53. The summed E-state index contributed by atoms with van der Waals surface area (Å²) < 4.78 is 0. The molecular weight excluding hydrogens is 244 g/mol. The SMILES string of the molecule is CCC1CCN(C2CCc3ccccc3C2)C(CN)C1. The summed E-state index contributed by atoms with van der Waals surface area (Å²) in [4.78, 5) is 2.74. The molecule has 0 amide bonds. The maximum Gasteiger partial charge on any atom is 0.0224 e. The molecule has 0 bridgehead atoms. The summed E-state index contributed by atoms with van der Waals surface area (Å²) in [6.45, 7) is 4.41. The van der Waals surface area contributed by atoms with E-state index in [-0.39, 0.29) is 0 Å². The molecule has 0 spiro atoms. The third kappa shape index (κ3) is 2.77. The van der Waals surface area contributed by atoms with E-state index in [1.165, 1.54) is 45.1 Å². The normalized spacial score (nSPS) is 31.0. The topological polar surface area (TPSA) is 29.3 Å². The summed E-state index contributed by atoms with van der Waals surface area (Å²) in [6, 6.07) is 10.3. The van der Waals surface area contributed by atoms with Gasteiger partial charge >= 0.3 is 0 Å². The fraction of sp³-hybridized carbons (Fsp3) is 0.667. The number of nitrogens with two attached hydrogens (primary N) is 1. The van der Waals surface area contributed by atoms with Gasteiger partial charge in [0, 0.05) is 18.6 Å². The lowest BCUT2D eigenvalue weighted by atomic mass is 9.83. The summed E-state index contributed by atoms with van der Waals surface area (Å²) in [6.07, 6.45) is 7.77. The third-order valence-electron chi connectivity index (χ3n) is 5.51. The Kier molecular flexibility index (Phi) is 4.42. The molecule has 1 aromatic carbocycles. The lowest BCUT2D eigenvalue weighted by molar-refractivity contribution is 0.0636. The van der Waals surface area contributed by atoms with Crippen molar-refractivity contribution in [2.75, 3.05) is 13.1 Å². The smallest absolute Gasteiger partial charge is 0.0224 e. The van der Waals surface area contributed by atoms with E-state index < -0.39 is 0 Å². The average molecular weight is 272 g/mol. The Balaban J connectivity index is 1.70. The number of nitrogens with zero attached hydrogens (tertiary/aromatic N) is 1. The molecule has 1 aromatic rings. The van der Waals surface area contributed by atoms with Crippen molar-refractivity contribution in [2.45, 2.75) is 57.5 Å². The van der Waals surface area contributed by atoms with E-state index in [9.17, 15) is 0 Å². The largest absolute Gasteiger partial charge is 0.329 e. The van der Waals surface area contributed by atoms with E-state index in [0.29, 0.717) is 6.04 Å². The highest BCUT2D eigenvalue weighted by atomic mass is 15.2. The third-order valence-corrected chi connectivity index (χ3v) is 5.51. The standard InChI is InChI=1S/C18H28N2/c1-2-14-9-10-20(18(11-14)13-19)17-8-7-15-5-3-4-6-16(15)12-17/h3-6,14,17-18H,2,7-13,19H2,1H3.